The molecule has 0 aliphatic carbocycles. The molecule has 1 atom stereocenters. The molecule has 1 aromatic rings. The first-order valence-corrected chi connectivity index (χ1v) is 10.7. The standard InChI is InChI=1S/C20H34N6O2/c1-2-3-14-28-20-23-18(21)17-19(24-20)26(16(15-27)22-17)13-7-5-4-6-10-25-11-8-9-12-25/h15-16,22H,2-14H2,1H3,(H2,21,23,24). The molecule has 1 aromatic heterocycles. The molecule has 28 heavy (non-hydrogen) atoms. The normalized spacial score (nSPS) is 18.9. The van der Waals surface area contributed by atoms with Gasteiger partial charge in [0.15, 0.2) is 24.1 Å². The van der Waals surface area contributed by atoms with E-state index in [2.05, 4.69) is 27.1 Å². The van der Waals surface area contributed by atoms with E-state index in [1.54, 1.807) is 0 Å². The number of nitrogens with one attached hydrogen (secondary N) is 1. The van der Waals surface area contributed by atoms with E-state index in [-0.39, 0.29) is 6.01 Å². The molecule has 1 unspecified atom stereocenters. The molecule has 1 fully saturated rings. The average molecular weight is 391 g/mol. The van der Waals surface area contributed by atoms with Crippen LogP contribution >= 0.6 is 0 Å². The van der Waals surface area contributed by atoms with Crippen LogP contribution in [0, 0.1) is 0 Å². The van der Waals surface area contributed by atoms with Crippen LogP contribution in [0.2, 0.25) is 0 Å². The van der Waals surface area contributed by atoms with Crippen molar-refractivity contribution in [1.82, 2.24) is 14.9 Å². The summed E-state index contributed by atoms with van der Waals surface area (Å²) in [6, 6.07) is 0.286. The van der Waals surface area contributed by atoms with Gasteiger partial charge in [0, 0.05) is 6.54 Å². The predicted molar refractivity (Wildman–Crippen MR) is 112 cm³/mol. The van der Waals surface area contributed by atoms with E-state index in [9.17, 15) is 4.79 Å². The summed E-state index contributed by atoms with van der Waals surface area (Å²) >= 11 is 0. The number of likely N-dealkylation sites (tertiary alicyclic amines) is 1. The molecule has 0 saturated carbocycles. The van der Waals surface area contributed by atoms with Gasteiger partial charge in [-0.3, -0.25) is 4.79 Å². The quantitative estimate of drug-likeness (QED) is 0.415. The minimum atomic E-state index is -0.443. The molecule has 0 bridgehead atoms. The zero-order chi connectivity index (χ0) is 19.8. The molecular formula is C20H34N6O2. The van der Waals surface area contributed by atoms with Crippen molar-refractivity contribution in [3.8, 4) is 6.01 Å². The van der Waals surface area contributed by atoms with Crippen LogP contribution in [0.4, 0.5) is 17.3 Å². The zero-order valence-electron chi connectivity index (χ0n) is 17.0. The van der Waals surface area contributed by atoms with Crippen molar-refractivity contribution in [3.63, 3.8) is 0 Å². The van der Waals surface area contributed by atoms with E-state index in [1.807, 2.05) is 4.90 Å². The Balaban J connectivity index is 1.51. The third-order valence-electron chi connectivity index (χ3n) is 5.48. The van der Waals surface area contributed by atoms with Crippen LogP contribution in [0.25, 0.3) is 0 Å². The Morgan fingerprint density at radius 1 is 1.14 bits per heavy atom. The molecule has 0 aromatic carbocycles. The topological polar surface area (TPSA) is 96.6 Å². The van der Waals surface area contributed by atoms with E-state index in [0.29, 0.717) is 23.9 Å². The number of rotatable bonds is 12. The summed E-state index contributed by atoms with van der Waals surface area (Å²) in [6.07, 6.45) is 9.76. The summed E-state index contributed by atoms with van der Waals surface area (Å²) in [5, 5.41) is 3.13. The molecular weight excluding hydrogens is 356 g/mol. The maximum atomic E-state index is 11.5. The van der Waals surface area contributed by atoms with Crippen molar-refractivity contribution in [3.05, 3.63) is 0 Å². The molecule has 0 radical (unpaired) electrons. The fraction of sp³-hybridized carbons (Fsp3) is 0.750. The van der Waals surface area contributed by atoms with E-state index >= 15 is 0 Å². The number of hydrogen-bond donors (Lipinski definition) is 2. The van der Waals surface area contributed by atoms with Gasteiger partial charge in [-0.2, -0.15) is 9.97 Å². The Bertz CT molecular complexity index is 635. The van der Waals surface area contributed by atoms with Gasteiger partial charge in [0.1, 0.15) is 5.69 Å². The Morgan fingerprint density at radius 2 is 1.89 bits per heavy atom. The van der Waals surface area contributed by atoms with Gasteiger partial charge >= 0.3 is 6.01 Å². The number of unbranched alkanes of at least 4 members (excludes halogenated alkanes) is 4. The molecule has 8 heteroatoms. The zero-order valence-corrected chi connectivity index (χ0v) is 17.0. The second kappa shape index (κ2) is 10.5. The molecule has 2 aliphatic heterocycles. The smallest absolute Gasteiger partial charge is 0.320 e. The van der Waals surface area contributed by atoms with Gasteiger partial charge in [0.2, 0.25) is 0 Å². The van der Waals surface area contributed by atoms with Crippen molar-refractivity contribution in [2.45, 2.75) is 64.5 Å². The summed E-state index contributed by atoms with van der Waals surface area (Å²) in [5.74, 6) is 1.00. The molecule has 3 rings (SSSR count). The predicted octanol–water partition coefficient (Wildman–Crippen LogP) is 2.65. The maximum Gasteiger partial charge on any atom is 0.320 e. The number of hydrogen-bond acceptors (Lipinski definition) is 8. The van der Waals surface area contributed by atoms with Gasteiger partial charge in [-0.05, 0) is 51.7 Å². The number of anilines is 3. The van der Waals surface area contributed by atoms with Crippen LogP contribution in [-0.2, 0) is 4.79 Å². The summed E-state index contributed by atoms with van der Waals surface area (Å²) in [5.41, 5.74) is 6.70. The number of fused-ring (bicyclic) bond motifs is 1. The van der Waals surface area contributed by atoms with Crippen molar-refractivity contribution in [1.29, 1.82) is 0 Å². The van der Waals surface area contributed by atoms with Crippen LogP contribution < -0.4 is 20.7 Å². The Kier molecular flexibility index (Phi) is 7.71. The van der Waals surface area contributed by atoms with Crippen LogP contribution in [0.1, 0.15) is 58.3 Å². The molecule has 0 spiro atoms. The Labute approximate surface area is 167 Å². The van der Waals surface area contributed by atoms with Gasteiger partial charge in [-0.15, -0.1) is 0 Å². The summed E-state index contributed by atoms with van der Waals surface area (Å²) in [4.78, 5) is 24.8. The molecule has 8 nitrogen and oxygen atoms in total. The number of carbonyl (C=O) groups is 1. The number of ether oxygens (including phenoxy) is 1. The third kappa shape index (κ3) is 5.25. The van der Waals surface area contributed by atoms with Crippen molar-refractivity contribution in [2.75, 3.05) is 48.7 Å². The molecule has 3 N–H and O–H groups in total. The second-order valence-electron chi connectivity index (χ2n) is 7.67. The van der Waals surface area contributed by atoms with E-state index in [4.69, 9.17) is 10.5 Å². The fourth-order valence-electron chi connectivity index (χ4n) is 3.85. The largest absolute Gasteiger partial charge is 0.463 e. The van der Waals surface area contributed by atoms with Crippen LogP contribution in [-0.4, -0.2) is 60.1 Å². The number of carbonyl (C=O) groups excluding carboxylic acids is 1. The highest BCUT2D eigenvalue weighted by atomic mass is 16.5. The second-order valence-corrected chi connectivity index (χ2v) is 7.67. The number of nitrogens with zero attached hydrogens (tertiary/aromatic N) is 4. The monoisotopic (exact) mass is 390 g/mol. The van der Waals surface area contributed by atoms with Crippen molar-refractivity contribution >= 4 is 23.6 Å². The van der Waals surface area contributed by atoms with Gasteiger partial charge in [0.25, 0.3) is 0 Å². The first kappa shape index (κ1) is 20.6. The maximum absolute atomic E-state index is 11.5. The lowest BCUT2D eigenvalue weighted by atomic mass is 10.2. The SMILES string of the molecule is CCCCOc1nc(N)c2c(n1)N(CCCCCCN1CCCC1)C(C=O)N2. The van der Waals surface area contributed by atoms with Crippen LogP contribution in [0.15, 0.2) is 0 Å². The summed E-state index contributed by atoms with van der Waals surface area (Å²) < 4.78 is 5.63. The lowest BCUT2D eigenvalue weighted by Crippen LogP contribution is -2.38. The highest BCUT2D eigenvalue weighted by Crippen LogP contribution is 2.37. The van der Waals surface area contributed by atoms with Gasteiger partial charge < -0.3 is 25.6 Å². The molecule has 2 aliphatic rings. The molecule has 3 heterocycles. The lowest BCUT2D eigenvalue weighted by Gasteiger charge is -2.22. The number of aldehydes is 1. The average Bonchev–Trinajstić information content (AvgIpc) is 3.33. The van der Waals surface area contributed by atoms with Gasteiger partial charge in [-0.1, -0.05) is 26.2 Å². The third-order valence-corrected chi connectivity index (χ3v) is 5.48. The van der Waals surface area contributed by atoms with E-state index in [1.165, 1.54) is 45.3 Å². The first-order valence-electron chi connectivity index (χ1n) is 10.7. The minimum Gasteiger partial charge on any atom is -0.463 e. The number of nitrogens with two attached hydrogens (primary N) is 1. The number of nitrogen functional groups attached to an aromatic ring is 1. The highest BCUT2D eigenvalue weighted by Gasteiger charge is 2.32. The molecule has 0 amide bonds. The molecule has 1 saturated heterocycles. The van der Waals surface area contributed by atoms with E-state index < -0.39 is 6.17 Å². The Hall–Kier alpha value is -2.09. The van der Waals surface area contributed by atoms with E-state index in [0.717, 1.165) is 38.5 Å². The minimum absolute atomic E-state index is 0.286. The number of aromatic nitrogens is 2. The van der Waals surface area contributed by atoms with Gasteiger partial charge in [0.05, 0.1) is 6.61 Å². The lowest BCUT2D eigenvalue weighted by molar-refractivity contribution is -0.108. The molecule has 156 valence electrons. The highest BCUT2D eigenvalue weighted by molar-refractivity contribution is 5.87. The summed E-state index contributed by atoms with van der Waals surface area (Å²) in [7, 11) is 0. The van der Waals surface area contributed by atoms with Crippen LogP contribution in [0.3, 0.4) is 0 Å². The van der Waals surface area contributed by atoms with Crippen molar-refractivity contribution in [2.24, 2.45) is 0 Å². The van der Waals surface area contributed by atoms with Crippen molar-refractivity contribution < 1.29 is 9.53 Å². The summed E-state index contributed by atoms with van der Waals surface area (Å²) in [6.45, 7) is 7.18. The van der Waals surface area contributed by atoms with Gasteiger partial charge in [-0.25, -0.2) is 0 Å². The first-order chi connectivity index (χ1) is 13.7. The fourth-order valence-corrected chi connectivity index (χ4v) is 3.85. The Morgan fingerprint density at radius 3 is 2.61 bits per heavy atom. The van der Waals surface area contributed by atoms with Crippen LogP contribution in [0.5, 0.6) is 6.01 Å².